The highest BCUT2D eigenvalue weighted by atomic mass is 16.6. The molecule has 2 aromatic carbocycles. The summed E-state index contributed by atoms with van der Waals surface area (Å²) in [5.41, 5.74) is 0. The third kappa shape index (κ3) is 4.61. The fourth-order valence-corrected chi connectivity index (χ4v) is 2.34. The van der Waals surface area contributed by atoms with Crippen molar-refractivity contribution in [3.63, 3.8) is 0 Å². The van der Waals surface area contributed by atoms with E-state index in [9.17, 15) is 5.11 Å². The van der Waals surface area contributed by atoms with Gasteiger partial charge in [-0.3, -0.25) is 0 Å². The van der Waals surface area contributed by atoms with Crippen molar-refractivity contribution in [2.45, 2.75) is 12.2 Å². The van der Waals surface area contributed by atoms with E-state index in [1.165, 1.54) is 0 Å². The van der Waals surface area contributed by atoms with Crippen molar-refractivity contribution in [1.82, 2.24) is 5.32 Å². The summed E-state index contributed by atoms with van der Waals surface area (Å²) in [5, 5.41) is 13.1. The second-order valence-corrected chi connectivity index (χ2v) is 5.43. The molecule has 0 radical (unpaired) electrons. The predicted molar refractivity (Wildman–Crippen MR) is 87.2 cm³/mol. The second kappa shape index (κ2) is 7.85. The molecular weight excluding hydrogens is 294 g/mol. The predicted octanol–water partition coefficient (Wildman–Crippen LogP) is 1.86. The normalized spacial score (nSPS) is 17.5. The number of fused-ring (bicyclic) bond motifs is 1. The van der Waals surface area contributed by atoms with Crippen LogP contribution in [0.3, 0.4) is 0 Å². The number of para-hydroxylation sites is 3. The van der Waals surface area contributed by atoms with Crippen LogP contribution in [-0.2, 0) is 0 Å². The molecule has 0 bridgehead atoms. The molecule has 2 atom stereocenters. The smallest absolute Gasteiger partial charge is 0.161 e. The summed E-state index contributed by atoms with van der Waals surface area (Å²) in [6, 6.07) is 17.1. The van der Waals surface area contributed by atoms with Gasteiger partial charge < -0.3 is 24.6 Å². The van der Waals surface area contributed by atoms with Gasteiger partial charge in [0.1, 0.15) is 31.2 Å². The summed E-state index contributed by atoms with van der Waals surface area (Å²) in [6.07, 6.45) is -0.640. The van der Waals surface area contributed by atoms with Gasteiger partial charge >= 0.3 is 0 Å². The average molecular weight is 315 g/mol. The van der Waals surface area contributed by atoms with Gasteiger partial charge in [-0.1, -0.05) is 30.3 Å². The Labute approximate surface area is 135 Å². The largest absolute Gasteiger partial charge is 0.491 e. The first-order valence-electron chi connectivity index (χ1n) is 7.76. The molecule has 23 heavy (non-hydrogen) atoms. The SMILES string of the molecule is O[C@H](CNC[C@H]1COc2ccccc2O1)COc1ccccc1. The monoisotopic (exact) mass is 315 g/mol. The van der Waals surface area contributed by atoms with Crippen LogP contribution in [0.4, 0.5) is 0 Å². The highest BCUT2D eigenvalue weighted by molar-refractivity contribution is 5.40. The minimum absolute atomic E-state index is 0.0628. The minimum Gasteiger partial charge on any atom is -0.491 e. The summed E-state index contributed by atoms with van der Waals surface area (Å²) < 4.78 is 17.0. The molecule has 5 nitrogen and oxygen atoms in total. The van der Waals surface area contributed by atoms with Crippen molar-refractivity contribution in [2.24, 2.45) is 0 Å². The van der Waals surface area contributed by atoms with Gasteiger partial charge in [-0.05, 0) is 24.3 Å². The molecule has 1 aliphatic heterocycles. The standard InChI is InChI=1S/C18H21NO4/c20-14(12-21-15-6-2-1-3-7-15)10-19-11-16-13-22-17-8-4-5-9-18(17)23-16/h1-9,14,16,19-20H,10-13H2/t14-,16+/m1/s1. The molecular formula is C18H21NO4. The quantitative estimate of drug-likeness (QED) is 0.817. The molecule has 0 fully saturated rings. The summed E-state index contributed by atoms with van der Waals surface area (Å²) in [4.78, 5) is 0. The molecule has 122 valence electrons. The second-order valence-electron chi connectivity index (χ2n) is 5.43. The first-order chi connectivity index (χ1) is 11.3. The Morgan fingerprint density at radius 3 is 2.65 bits per heavy atom. The summed E-state index contributed by atoms with van der Waals surface area (Å²) in [6.45, 7) is 1.80. The van der Waals surface area contributed by atoms with Gasteiger partial charge in [-0.2, -0.15) is 0 Å². The van der Waals surface area contributed by atoms with Gasteiger partial charge in [-0.15, -0.1) is 0 Å². The number of benzene rings is 2. The third-order valence-corrected chi connectivity index (χ3v) is 3.51. The molecule has 0 saturated carbocycles. The Bertz CT molecular complexity index is 605. The molecule has 1 heterocycles. The zero-order valence-electron chi connectivity index (χ0n) is 12.9. The molecule has 5 heteroatoms. The number of hydrogen-bond donors (Lipinski definition) is 2. The number of ether oxygens (including phenoxy) is 3. The van der Waals surface area contributed by atoms with E-state index in [0.29, 0.717) is 19.7 Å². The number of aliphatic hydroxyl groups excluding tert-OH is 1. The van der Waals surface area contributed by atoms with Gasteiger partial charge in [0, 0.05) is 13.1 Å². The highest BCUT2D eigenvalue weighted by Crippen LogP contribution is 2.30. The van der Waals surface area contributed by atoms with Crippen LogP contribution in [0.15, 0.2) is 54.6 Å². The van der Waals surface area contributed by atoms with Crippen molar-refractivity contribution >= 4 is 0 Å². The van der Waals surface area contributed by atoms with Crippen LogP contribution in [0.5, 0.6) is 17.2 Å². The molecule has 2 N–H and O–H groups in total. The lowest BCUT2D eigenvalue weighted by Crippen LogP contribution is -2.41. The first-order valence-corrected chi connectivity index (χ1v) is 7.76. The van der Waals surface area contributed by atoms with Crippen LogP contribution >= 0.6 is 0 Å². The van der Waals surface area contributed by atoms with Crippen molar-refractivity contribution < 1.29 is 19.3 Å². The lowest BCUT2D eigenvalue weighted by Gasteiger charge is -2.27. The zero-order valence-corrected chi connectivity index (χ0v) is 12.9. The number of hydrogen-bond acceptors (Lipinski definition) is 5. The average Bonchev–Trinajstić information content (AvgIpc) is 2.61. The van der Waals surface area contributed by atoms with E-state index in [4.69, 9.17) is 14.2 Å². The molecule has 1 aliphatic rings. The fraction of sp³-hybridized carbons (Fsp3) is 0.333. The third-order valence-electron chi connectivity index (χ3n) is 3.51. The molecule has 0 spiro atoms. The number of rotatable bonds is 7. The van der Waals surface area contributed by atoms with E-state index in [2.05, 4.69) is 5.32 Å². The van der Waals surface area contributed by atoms with E-state index in [-0.39, 0.29) is 12.7 Å². The minimum atomic E-state index is -0.577. The van der Waals surface area contributed by atoms with Crippen molar-refractivity contribution in [3.8, 4) is 17.2 Å². The molecule has 0 unspecified atom stereocenters. The molecule has 2 aromatic rings. The van der Waals surface area contributed by atoms with Crippen molar-refractivity contribution in [2.75, 3.05) is 26.3 Å². The van der Waals surface area contributed by atoms with Crippen molar-refractivity contribution in [1.29, 1.82) is 0 Å². The van der Waals surface area contributed by atoms with Crippen LogP contribution in [-0.4, -0.2) is 43.6 Å². The molecule has 0 aliphatic carbocycles. The van der Waals surface area contributed by atoms with Crippen molar-refractivity contribution in [3.05, 3.63) is 54.6 Å². The van der Waals surface area contributed by atoms with E-state index in [1.807, 2.05) is 54.6 Å². The van der Waals surface area contributed by atoms with Crippen LogP contribution in [0, 0.1) is 0 Å². The molecule has 0 saturated heterocycles. The summed E-state index contributed by atoms with van der Waals surface area (Å²) >= 11 is 0. The van der Waals surface area contributed by atoms with Crippen LogP contribution < -0.4 is 19.5 Å². The molecule has 3 rings (SSSR count). The lowest BCUT2D eigenvalue weighted by atomic mass is 10.2. The van der Waals surface area contributed by atoms with E-state index >= 15 is 0 Å². The maximum absolute atomic E-state index is 9.94. The van der Waals surface area contributed by atoms with Gasteiger partial charge in [0.25, 0.3) is 0 Å². The highest BCUT2D eigenvalue weighted by Gasteiger charge is 2.20. The Balaban J connectivity index is 1.35. The Morgan fingerprint density at radius 2 is 1.83 bits per heavy atom. The van der Waals surface area contributed by atoms with E-state index < -0.39 is 6.10 Å². The number of nitrogens with one attached hydrogen (secondary N) is 1. The van der Waals surface area contributed by atoms with Gasteiger partial charge in [0.2, 0.25) is 0 Å². The lowest BCUT2D eigenvalue weighted by molar-refractivity contribution is 0.0778. The topological polar surface area (TPSA) is 60.0 Å². The van der Waals surface area contributed by atoms with E-state index in [1.54, 1.807) is 0 Å². The van der Waals surface area contributed by atoms with Crippen LogP contribution in [0.25, 0.3) is 0 Å². The maximum Gasteiger partial charge on any atom is 0.161 e. The van der Waals surface area contributed by atoms with E-state index in [0.717, 1.165) is 17.2 Å². The van der Waals surface area contributed by atoms with Crippen LogP contribution in [0.2, 0.25) is 0 Å². The Kier molecular flexibility index (Phi) is 5.34. The van der Waals surface area contributed by atoms with Gasteiger partial charge in [0.15, 0.2) is 11.5 Å². The van der Waals surface area contributed by atoms with Gasteiger partial charge in [0.05, 0.1) is 0 Å². The Hall–Kier alpha value is -2.24. The molecule has 0 amide bonds. The Morgan fingerprint density at radius 1 is 1.09 bits per heavy atom. The fourth-order valence-electron chi connectivity index (χ4n) is 2.34. The summed E-state index contributed by atoms with van der Waals surface area (Å²) in [5.74, 6) is 2.30. The summed E-state index contributed by atoms with van der Waals surface area (Å²) in [7, 11) is 0. The van der Waals surface area contributed by atoms with Gasteiger partial charge in [-0.25, -0.2) is 0 Å². The zero-order chi connectivity index (χ0) is 15.9. The maximum atomic E-state index is 9.94. The number of aliphatic hydroxyl groups is 1. The molecule has 0 aromatic heterocycles. The van der Waals surface area contributed by atoms with Crippen LogP contribution in [0.1, 0.15) is 0 Å². The first kappa shape index (κ1) is 15.6.